The summed E-state index contributed by atoms with van der Waals surface area (Å²) in [5.74, 6) is 0. The number of anilines is 1. The van der Waals surface area contributed by atoms with Crippen LogP contribution in [0.1, 0.15) is 10.4 Å². The van der Waals surface area contributed by atoms with Crippen LogP contribution in [0.5, 0.6) is 0 Å². The van der Waals surface area contributed by atoms with Gasteiger partial charge in [0, 0.05) is 0 Å². The van der Waals surface area contributed by atoms with Crippen LogP contribution in [0.25, 0.3) is 0 Å². The van der Waals surface area contributed by atoms with E-state index in [9.17, 15) is 4.79 Å². The molecular weight excluding hydrogens is 220 g/mol. The fraction of sp³-hybridized carbons (Fsp3) is 0. The molecule has 0 aliphatic heterocycles. The molecule has 0 radical (unpaired) electrons. The van der Waals surface area contributed by atoms with Crippen LogP contribution < -0.4 is 5.73 Å². The molecule has 5 heteroatoms. The van der Waals surface area contributed by atoms with Gasteiger partial charge in [-0.1, -0.05) is 23.2 Å². The molecule has 2 N–H and O–H groups in total. The first-order valence-electron chi connectivity index (χ1n) is 2.97. The van der Waals surface area contributed by atoms with Gasteiger partial charge in [-0.25, -0.2) is 0 Å². The molecule has 64 valence electrons. The van der Waals surface area contributed by atoms with Crippen LogP contribution in [0, 0.1) is 0 Å². The molecule has 2 nitrogen and oxygen atoms in total. The van der Waals surface area contributed by atoms with E-state index in [1.165, 1.54) is 12.1 Å². The second-order valence-corrected chi connectivity index (χ2v) is 3.20. The van der Waals surface area contributed by atoms with Gasteiger partial charge in [-0.2, -0.15) is 0 Å². The Kier molecular flexibility index (Phi) is 2.83. The van der Waals surface area contributed by atoms with Crippen LogP contribution >= 0.6 is 34.8 Å². The molecule has 0 fully saturated rings. The summed E-state index contributed by atoms with van der Waals surface area (Å²) >= 11 is 16.5. The normalized spacial score (nSPS) is 9.92. The summed E-state index contributed by atoms with van der Waals surface area (Å²) in [6.45, 7) is 0. The number of rotatable bonds is 1. The third-order valence-electron chi connectivity index (χ3n) is 1.32. The van der Waals surface area contributed by atoms with Crippen LogP contribution in [-0.2, 0) is 0 Å². The van der Waals surface area contributed by atoms with E-state index in [-0.39, 0.29) is 15.6 Å². The Labute approximate surface area is 84.2 Å². The molecule has 0 spiro atoms. The highest BCUT2D eigenvalue weighted by atomic mass is 35.5. The van der Waals surface area contributed by atoms with E-state index >= 15 is 0 Å². The molecular formula is C7H4Cl3NO. The summed E-state index contributed by atoms with van der Waals surface area (Å²) < 4.78 is 0. The van der Waals surface area contributed by atoms with Gasteiger partial charge in [0.2, 0.25) is 0 Å². The number of carbonyl (C=O) groups excluding carboxylic acids is 1. The summed E-state index contributed by atoms with van der Waals surface area (Å²) in [5.41, 5.74) is 5.91. The molecule has 0 amide bonds. The van der Waals surface area contributed by atoms with Crippen molar-refractivity contribution in [1.82, 2.24) is 0 Å². The molecule has 0 atom stereocenters. The molecule has 0 saturated carbocycles. The largest absolute Gasteiger partial charge is 0.397 e. The van der Waals surface area contributed by atoms with Gasteiger partial charge in [0.15, 0.2) is 0 Å². The van der Waals surface area contributed by atoms with Gasteiger partial charge < -0.3 is 5.73 Å². The smallest absolute Gasteiger partial charge is 0.253 e. The molecule has 0 aliphatic rings. The first kappa shape index (κ1) is 9.65. The molecule has 0 saturated heterocycles. The zero-order valence-electron chi connectivity index (χ0n) is 5.77. The first-order valence-corrected chi connectivity index (χ1v) is 4.10. The van der Waals surface area contributed by atoms with E-state index in [1.807, 2.05) is 0 Å². The predicted octanol–water partition coefficient (Wildman–Crippen LogP) is 2.95. The average Bonchev–Trinajstić information content (AvgIpc) is 2.00. The van der Waals surface area contributed by atoms with Crippen LogP contribution in [0.2, 0.25) is 10.0 Å². The minimum atomic E-state index is -0.651. The fourth-order valence-corrected chi connectivity index (χ4v) is 1.34. The van der Waals surface area contributed by atoms with Gasteiger partial charge in [-0.3, -0.25) is 4.79 Å². The monoisotopic (exact) mass is 223 g/mol. The third kappa shape index (κ3) is 1.66. The Morgan fingerprint density at radius 3 is 2.33 bits per heavy atom. The van der Waals surface area contributed by atoms with Gasteiger partial charge in [0.05, 0.1) is 21.3 Å². The van der Waals surface area contributed by atoms with Crippen molar-refractivity contribution in [1.29, 1.82) is 0 Å². The van der Waals surface area contributed by atoms with Gasteiger partial charge in [-0.05, 0) is 23.7 Å². The van der Waals surface area contributed by atoms with Crippen LogP contribution in [0.4, 0.5) is 5.69 Å². The summed E-state index contributed by atoms with van der Waals surface area (Å²) in [5, 5.41) is -0.401. The number of nitrogens with two attached hydrogens (primary N) is 1. The highest BCUT2D eigenvalue weighted by Crippen LogP contribution is 2.31. The lowest BCUT2D eigenvalue weighted by Gasteiger charge is -2.02. The maximum absolute atomic E-state index is 10.7. The van der Waals surface area contributed by atoms with Crippen molar-refractivity contribution in [3.63, 3.8) is 0 Å². The lowest BCUT2D eigenvalue weighted by Crippen LogP contribution is -1.94. The molecule has 1 aromatic carbocycles. The number of halogens is 3. The molecule has 1 rings (SSSR count). The lowest BCUT2D eigenvalue weighted by atomic mass is 10.2. The van der Waals surface area contributed by atoms with Crippen LogP contribution in [-0.4, -0.2) is 5.24 Å². The van der Waals surface area contributed by atoms with Crippen LogP contribution in [0.15, 0.2) is 12.1 Å². The Hall–Kier alpha value is -0.440. The molecule has 0 unspecified atom stereocenters. The second kappa shape index (κ2) is 3.52. The third-order valence-corrected chi connectivity index (χ3v) is 2.42. The maximum atomic E-state index is 10.7. The van der Waals surface area contributed by atoms with Gasteiger partial charge in [0.25, 0.3) is 5.24 Å². The van der Waals surface area contributed by atoms with Crippen molar-refractivity contribution >= 4 is 45.7 Å². The lowest BCUT2D eigenvalue weighted by molar-refractivity contribution is 0.108. The standard InChI is InChI=1S/C7H4Cl3NO/c8-5-3(7(10)12)1-2-4(11)6(5)9/h1-2H,11H2. The number of hydrogen-bond donors (Lipinski definition) is 1. The molecule has 0 aliphatic carbocycles. The molecule has 0 bridgehead atoms. The van der Waals surface area contributed by atoms with Crippen molar-refractivity contribution < 1.29 is 4.79 Å². The minimum absolute atomic E-state index is 0.0941. The summed E-state index contributed by atoms with van der Waals surface area (Å²) in [4.78, 5) is 10.7. The highest BCUT2D eigenvalue weighted by Gasteiger charge is 2.12. The minimum Gasteiger partial charge on any atom is -0.397 e. The Bertz CT molecular complexity index is 338. The number of carbonyl (C=O) groups is 1. The maximum Gasteiger partial charge on any atom is 0.253 e. The SMILES string of the molecule is Nc1ccc(C(=O)Cl)c(Cl)c1Cl. The zero-order chi connectivity index (χ0) is 9.30. The van der Waals surface area contributed by atoms with E-state index in [2.05, 4.69) is 0 Å². The first-order chi connectivity index (χ1) is 5.54. The van der Waals surface area contributed by atoms with Crippen molar-refractivity contribution in [2.45, 2.75) is 0 Å². The van der Waals surface area contributed by atoms with E-state index in [0.29, 0.717) is 5.69 Å². The van der Waals surface area contributed by atoms with Crippen LogP contribution in [0.3, 0.4) is 0 Å². The quantitative estimate of drug-likeness (QED) is 0.589. The zero-order valence-corrected chi connectivity index (χ0v) is 8.04. The fourth-order valence-electron chi connectivity index (χ4n) is 0.716. The summed E-state index contributed by atoms with van der Waals surface area (Å²) in [6, 6.07) is 2.91. The molecule has 0 aromatic heterocycles. The van der Waals surface area contributed by atoms with E-state index in [1.54, 1.807) is 0 Å². The molecule has 1 aromatic rings. The van der Waals surface area contributed by atoms with Crippen molar-refractivity contribution in [3.05, 3.63) is 27.7 Å². The number of nitrogen functional groups attached to an aromatic ring is 1. The molecule has 0 heterocycles. The van der Waals surface area contributed by atoms with Crippen molar-refractivity contribution in [2.24, 2.45) is 0 Å². The highest BCUT2D eigenvalue weighted by molar-refractivity contribution is 6.69. The van der Waals surface area contributed by atoms with Crippen molar-refractivity contribution in [2.75, 3.05) is 5.73 Å². The van der Waals surface area contributed by atoms with E-state index in [0.717, 1.165) is 0 Å². The van der Waals surface area contributed by atoms with Gasteiger partial charge >= 0.3 is 0 Å². The van der Waals surface area contributed by atoms with Crippen molar-refractivity contribution in [3.8, 4) is 0 Å². The Balaban J connectivity index is 3.36. The van der Waals surface area contributed by atoms with Gasteiger partial charge in [-0.15, -0.1) is 0 Å². The topological polar surface area (TPSA) is 43.1 Å². The number of hydrogen-bond acceptors (Lipinski definition) is 2. The van der Waals surface area contributed by atoms with E-state index < -0.39 is 5.24 Å². The second-order valence-electron chi connectivity index (χ2n) is 2.10. The predicted molar refractivity (Wildman–Crippen MR) is 51.1 cm³/mol. The number of benzene rings is 1. The Morgan fingerprint density at radius 2 is 1.83 bits per heavy atom. The summed E-state index contributed by atoms with van der Waals surface area (Å²) in [6.07, 6.45) is 0. The Morgan fingerprint density at radius 1 is 1.25 bits per heavy atom. The van der Waals surface area contributed by atoms with E-state index in [4.69, 9.17) is 40.5 Å². The molecule has 12 heavy (non-hydrogen) atoms. The summed E-state index contributed by atoms with van der Waals surface area (Å²) in [7, 11) is 0. The van der Waals surface area contributed by atoms with Gasteiger partial charge in [0.1, 0.15) is 0 Å². The average molecular weight is 224 g/mol.